The van der Waals surface area contributed by atoms with Gasteiger partial charge in [-0.25, -0.2) is 4.79 Å². The zero-order valence-corrected chi connectivity index (χ0v) is 13.5. The lowest BCUT2D eigenvalue weighted by Crippen LogP contribution is -1.97. The highest BCUT2D eigenvalue weighted by Crippen LogP contribution is 2.32. The van der Waals surface area contributed by atoms with E-state index >= 15 is 0 Å². The van der Waals surface area contributed by atoms with Crippen LogP contribution in [0.2, 0.25) is 15.1 Å². The largest absolute Gasteiger partial charge is 0.489 e. The number of ether oxygens (including phenoxy) is 1. The molecule has 2 aromatic carbocycles. The number of aliphatic carboxylic acids is 1. The lowest BCUT2D eigenvalue weighted by Gasteiger charge is -2.10. The van der Waals surface area contributed by atoms with Gasteiger partial charge in [0, 0.05) is 16.7 Å². The maximum absolute atomic E-state index is 10.4. The molecule has 2 rings (SSSR count). The number of carboxylic acids is 1. The Kier molecular flexibility index (Phi) is 5.72. The van der Waals surface area contributed by atoms with E-state index < -0.39 is 5.97 Å². The van der Waals surface area contributed by atoms with Gasteiger partial charge in [0.05, 0.1) is 10.0 Å². The van der Waals surface area contributed by atoms with E-state index in [1.54, 1.807) is 36.4 Å². The third kappa shape index (κ3) is 4.41. The fourth-order valence-electron chi connectivity index (χ4n) is 1.70. The van der Waals surface area contributed by atoms with Crippen molar-refractivity contribution in [2.75, 3.05) is 0 Å². The molecule has 2 aromatic rings. The Balaban J connectivity index is 2.06. The first-order valence-corrected chi connectivity index (χ1v) is 7.37. The van der Waals surface area contributed by atoms with E-state index in [-0.39, 0.29) is 6.61 Å². The molecule has 0 saturated heterocycles. The first-order chi connectivity index (χ1) is 10.5. The quantitative estimate of drug-likeness (QED) is 0.581. The fraction of sp³-hybridized carbons (Fsp3) is 0.0625. The topological polar surface area (TPSA) is 46.5 Å². The van der Waals surface area contributed by atoms with Crippen LogP contribution in [-0.2, 0) is 11.4 Å². The van der Waals surface area contributed by atoms with Crippen LogP contribution < -0.4 is 4.74 Å². The van der Waals surface area contributed by atoms with Crippen LogP contribution in [0, 0.1) is 0 Å². The van der Waals surface area contributed by atoms with Gasteiger partial charge in [0.15, 0.2) is 0 Å². The van der Waals surface area contributed by atoms with E-state index in [0.29, 0.717) is 26.4 Å². The van der Waals surface area contributed by atoms with Crippen molar-refractivity contribution < 1.29 is 14.6 Å². The molecule has 114 valence electrons. The molecule has 0 aliphatic rings. The van der Waals surface area contributed by atoms with Crippen LogP contribution in [-0.4, -0.2) is 11.1 Å². The molecule has 0 unspecified atom stereocenters. The first kappa shape index (κ1) is 16.7. The molecule has 0 amide bonds. The Morgan fingerprint density at radius 3 is 2.32 bits per heavy atom. The third-order valence-electron chi connectivity index (χ3n) is 2.82. The molecule has 0 bridgehead atoms. The molecule has 0 aromatic heterocycles. The average molecular weight is 358 g/mol. The van der Waals surface area contributed by atoms with Crippen LogP contribution in [0.15, 0.2) is 42.5 Å². The van der Waals surface area contributed by atoms with Gasteiger partial charge in [-0.05, 0) is 35.9 Å². The summed E-state index contributed by atoms with van der Waals surface area (Å²) in [6.07, 6.45) is 2.57. The Bertz CT molecular complexity index is 709. The standard InChI is InChI=1S/C16H11Cl3O3/c17-13-6-7-14(18)16(19)12(13)9-22-11-4-1-10(2-5-11)3-8-15(20)21/h1-8H,9H2,(H,20,21). The summed E-state index contributed by atoms with van der Waals surface area (Å²) in [5, 5.41) is 9.83. The Morgan fingerprint density at radius 1 is 1.05 bits per heavy atom. The number of carbonyl (C=O) groups is 1. The van der Waals surface area contributed by atoms with Crippen molar-refractivity contribution >= 4 is 46.8 Å². The maximum Gasteiger partial charge on any atom is 0.328 e. The van der Waals surface area contributed by atoms with Crippen molar-refractivity contribution in [2.24, 2.45) is 0 Å². The average Bonchev–Trinajstić information content (AvgIpc) is 2.50. The molecular weight excluding hydrogens is 347 g/mol. The third-order valence-corrected chi connectivity index (χ3v) is 4.02. The molecule has 0 fully saturated rings. The second-order valence-corrected chi connectivity index (χ2v) is 5.54. The summed E-state index contributed by atoms with van der Waals surface area (Å²) in [5.41, 5.74) is 1.37. The lowest BCUT2D eigenvalue weighted by atomic mass is 10.2. The predicted octanol–water partition coefficient (Wildman–Crippen LogP) is 5.32. The molecule has 0 heterocycles. The predicted molar refractivity (Wildman–Crippen MR) is 88.9 cm³/mol. The fourth-order valence-corrected chi connectivity index (χ4v) is 2.36. The van der Waals surface area contributed by atoms with Gasteiger partial charge in [-0.2, -0.15) is 0 Å². The van der Waals surface area contributed by atoms with Crippen LogP contribution in [0.1, 0.15) is 11.1 Å². The SMILES string of the molecule is O=C(O)C=Cc1ccc(OCc2c(Cl)ccc(Cl)c2Cl)cc1. The molecule has 3 nitrogen and oxygen atoms in total. The van der Waals surface area contributed by atoms with E-state index in [1.165, 1.54) is 6.08 Å². The van der Waals surface area contributed by atoms with Gasteiger partial charge in [0.25, 0.3) is 0 Å². The Morgan fingerprint density at radius 2 is 1.68 bits per heavy atom. The molecule has 0 atom stereocenters. The second kappa shape index (κ2) is 7.54. The van der Waals surface area contributed by atoms with E-state index in [9.17, 15) is 4.79 Å². The van der Waals surface area contributed by atoms with Crippen LogP contribution in [0.5, 0.6) is 5.75 Å². The number of hydrogen-bond donors (Lipinski definition) is 1. The summed E-state index contributed by atoms with van der Waals surface area (Å²) in [7, 11) is 0. The monoisotopic (exact) mass is 356 g/mol. The van der Waals surface area contributed by atoms with Crippen molar-refractivity contribution in [3.8, 4) is 5.75 Å². The minimum atomic E-state index is -0.995. The molecular formula is C16H11Cl3O3. The number of benzene rings is 2. The number of halogens is 3. The molecule has 6 heteroatoms. The van der Waals surface area contributed by atoms with E-state index in [4.69, 9.17) is 44.6 Å². The smallest absolute Gasteiger partial charge is 0.328 e. The number of hydrogen-bond acceptors (Lipinski definition) is 2. The van der Waals surface area contributed by atoms with Crippen LogP contribution >= 0.6 is 34.8 Å². The van der Waals surface area contributed by atoms with Gasteiger partial charge in [-0.3, -0.25) is 0 Å². The molecule has 0 saturated carbocycles. The van der Waals surface area contributed by atoms with E-state index in [2.05, 4.69) is 0 Å². The summed E-state index contributed by atoms with van der Waals surface area (Å²) in [4.78, 5) is 10.4. The molecule has 0 aliphatic carbocycles. The van der Waals surface area contributed by atoms with Crippen molar-refractivity contribution in [1.29, 1.82) is 0 Å². The molecule has 22 heavy (non-hydrogen) atoms. The minimum absolute atomic E-state index is 0.183. The van der Waals surface area contributed by atoms with Crippen molar-refractivity contribution in [2.45, 2.75) is 6.61 Å². The van der Waals surface area contributed by atoms with Gasteiger partial charge in [0.1, 0.15) is 12.4 Å². The van der Waals surface area contributed by atoms with Gasteiger partial charge in [0.2, 0.25) is 0 Å². The maximum atomic E-state index is 10.4. The zero-order valence-electron chi connectivity index (χ0n) is 11.2. The normalized spacial score (nSPS) is 10.9. The summed E-state index contributed by atoms with van der Waals surface area (Å²) < 4.78 is 5.62. The van der Waals surface area contributed by atoms with E-state index in [0.717, 1.165) is 11.6 Å². The first-order valence-electron chi connectivity index (χ1n) is 6.23. The summed E-state index contributed by atoms with van der Waals surface area (Å²) >= 11 is 18.1. The van der Waals surface area contributed by atoms with Crippen molar-refractivity contribution in [1.82, 2.24) is 0 Å². The molecule has 0 spiro atoms. The van der Waals surface area contributed by atoms with Gasteiger partial charge in [-0.15, -0.1) is 0 Å². The Hall–Kier alpha value is -1.68. The second-order valence-electron chi connectivity index (χ2n) is 4.35. The van der Waals surface area contributed by atoms with Crippen LogP contribution in [0.3, 0.4) is 0 Å². The van der Waals surface area contributed by atoms with E-state index in [1.807, 2.05) is 0 Å². The highest BCUT2D eigenvalue weighted by molar-refractivity contribution is 6.44. The molecule has 1 N–H and O–H groups in total. The number of rotatable bonds is 5. The van der Waals surface area contributed by atoms with Crippen molar-refractivity contribution in [3.05, 3.63) is 68.7 Å². The zero-order chi connectivity index (χ0) is 16.1. The Labute approximate surface area is 142 Å². The van der Waals surface area contributed by atoms with Crippen molar-refractivity contribution in [3.63, 3.8) is 0 Å². The summed E-state index contributed by atoms with van der Waals surface area (Å²) in [6.45, 7) is 0.183. The minimum Gasteiger partial charge on any atom is -0.489 e. The van der Waals surface area contributed by atoms with Gasteiger partial charge < -0.3 is 9.84 Å². The summed E-state index contributed by atoms with van der Waals surface area (Å²) in [5.74, 6) is -0.384. The molecule has 0 radical (unpaired) electrons. The number of carboxylic acid groups (broad SMARTS) is 1. The van der Waals surface area contributed by atoms with Crippen LogP contribution in [0.4, 0.5) is 0 Å². The lowest BCUT2D eigenvalue weighted by molar-refractivity contribution is -0.131. The molecule has 0 aliphatic heterocycles. The van der Waals surface area contributed by atoms with Gasteiger partial charge in [-0.1, -0.05) is 46.9 Å². The highest BCUT2D eigenvalue weighted by atomic mass is 35.5. The van der Waals surface area contributed by atoms with Gasteiger partial charge >= 0.3 is 5.97 Å². The summed E-state index contributed by atoms with van der Waals surface area (Å²) in [6, 6.07) is 10.2. The van der Waals surface area contributed by atoms with Crippen LogP contribution in [0.25, 0.3) is 6.08 Å². The highest BCUT2D eigenvalue weighted by Gasteiger charge is 2.10.